The number of hydrogen-bond donors (Lipinski definition) is 2. The summed E-state index contributed by atoms with van der Waals surface area (Å²) in [5, 5.41) is 14.5. The van der Waals surface area contributed by atoms with Crippen molar-refractivity contribution in [1.29, 1.82) is 0 Å². The van der Waals surface area contributed by atoms with Gasteiger partial charge in [0.05, 0.1) is 11.9 Å². The van der Waals surface area contributed by atoms with Crippen molar-refractivity contribution in [2.24, 2.45) is 0 Å². The first-order valence-corrected chi connectivity index (χ1v) is 11.2. The van der Waals surface area contributed by atoms with Gasteiger partial charge in [-0.15, -0.1) is 0 Å². The van der Waals surface area contributed by atoms with E-state index in [0.717, 1.165) is 22.8 Å². The largest absolute Gasteiger partial charge is 0.378 e. The van der Waals surface area contributed by atoms with Crippen LogP contribution < -0.4 is 15.1 Å². The van der Waals surface area contributed by atoms with Gasteiger partial charge in [0, 0.05) is 63.0 Å². The number of aromatic nitrogens is 5. The SMILES string of the molecule is CN(C)c1cccc(NC(=O)c2cc3nc(N(C)Cc4ccccc4)cc(-c4cn[nH]c4)n3n2)c1. The first-order valence-electron chi connectivity index (χ1n) is 11.2. The number of carbonyl (C=O) groups excluding carboxylic acids is 1. The average molecular weight is 467 g/mol. The van der Waals surface area contributed by atoms with Crippen LogP contribution in [0.4, 0.5) is 17.2 Å². The fourth-order valence-corrected chi connectivity index (χ4v) is 3.86. The Bertz CT molecular complexity index is 1460. The fourth-order valence-electron chi connectivity index (χ4n) is 3.86. The highest BCUT2D eigenvalue weighted by Gasteiger charge is 2.18. The fraction of sp³-hybridized carbons (Fsp3) is 0.154. The number of rotatable bonds is 7. The van der Waals surface area contributed by atoms with Gasteiger partial charge in [0.1, 0.15) is 5.82 Å². The number of amides is 1. The van der Waals surface area contributed by atoms with Crippen molar-refractivity contribution in [2.45, 2.75) is 6.54 Å². The lowest BCUT2D eigenvalue weighted by molar-refractivity contribution is 0.102. The number of H-pyrrole nitrogens is 1. The Morgan fingerprint density at radius 1 is 1.03 bits per heavy atom. The summed E-state index contributed by atoms with van der Waals surface area (Å²) in [5.41, 5.74) is 5.35. The topological polar surface area (TPSA) is 94.5 Å². The summed E-state index contributed by atoms with van der Waals surface area (Å²) in [6.45, 7) is 0.693. The molecule has 0 spiro atoms. The predicted molar refractivity (Wildman–Crippen MR) is 138 cm³/mol. The number of fused-ring (bicyclic) bond motifs is 1. The lowest BCUT2D eigenvalue weighted by atomic mass is 10.2. The molecule has 0 aliphatic heterocycles. The molecule has 176 valence electrons. The molecule has 0 radical (unpaired) electrons. The first kappa shape index (κ1) is 22.1. The third-order valence-electron chi connectivity index (χ3n) is 5.71. The maximum absolute atomic E-state index is 13.1. The Kier molecular flexibility index (Phi) is 5.88. The van der Waals surface area contributed by atoms with Gasteiger partial charge in [-0.05, 0) is 23.8 Å². The van der Waals surface area contributed by atoms with Gasteiger partial charge in [0.15, 0.2) is 11.3 Å². The Balaban J connectivity index is 1.50. The summed E-state index contributed by atoms with van der Waals surface area (Å²) in [6.07, 6.45) is 3.52. The van der Waals surface area contributed by atoms with Crippen LogP contribution in [0.5, 0.6) is 0 Å². The zero-order valence-corrected chi connectivity index (χ0v) is 19.8. The second kappa shape index (κ2) is 9.30. The zero-order chi connectivity index (χ0) is 24.4. The maximum atomic E-state index is 13.1. The second-order valence-electron chi connectivity index (χ2n) is 8.53. The van der Waals surface area contributed by atoms with Crippen LogP contribution in [0.2, 0.25) is 0 Å². The molecule has 35 heavy (non-hydrogen) atoms. The van der Waals surface area contributed by atoms with E-state index in [-0.39, 0.29) is 11.6 Å². The number of hydrogen-bond acceptors (Lipinski definition) is 6. The van der Waals surface area contributed by atoms with E-state index in [0.29, 0.717) is 17.9 Å². The van der Waals surface area contributed by atoms with Gasteiger partial charge in [-0.1, -0.05) is 36.4 Å². The van der Waals surface area contributed by atoms with Crippen molar-refractivity contribution in [3.63, 3.8) is 0 Å². The van der Waals surface area contributed by atoms with Crippen LogP contribution in [-0.4, -0.2) is 51.8 Å². The first-order chi connectivity index (χ1) is 17.0. The highest BCUT2D eigenvalue weighted by Crippen LogP contribution is 2.25. The number of anilines is 3. The van der Waals surface area contributed by atoms with Crippen LogP contribution >= 0.6 is 0 Å². The molecule has 0 aliphatic rings. The molecule has 0 bridgehead atoms. The number of nitrogens with one attached hydrogen (secondary N) is 2. The summed E-state index contributed by atoms with van der Waals surface area (Å²) in [5.74, 6) is 0.465. The molecule has 2 N–H and O–H groups in total. The van der Waals surface area contributed by atoms with Crippen molar-refractivity contribution < 1.29 is 4.79 Å². The molecular weight excluding hydrogens is 440 g/mol. The third-order valence-corrected chi connectivity index (χ3v) is 5.71. The number of nitrogens with zero attached hydrogens (tertiary/aromatic N) is 6. The Labute approximate surface area is 203 Å². The minimum atomic E-state index is -0.302. The molecule has 0 fully saturated rings. The molecule has 2 aromatic carbocycles. The summed E-state index contributed by atoms with van der Waals surface area (Å²) in [4.78, 5) is 21.9. The molecule has 0 aliphatic carbocycles. The van der Waals surface area contributed by atoms with Crippen LogP contribution in [0.3, 0.4) is 0 Å². The smallest absolute Gasteiger partial charge is 0.276 e. The monoisotopic (exact) mass is 466 g/mol. The zero-order valence-electron chi connectivity index (χ0n) is 19.8. The minimum Gasteiger partial charge on any atom is -0.378 e. The van der Waals surface area contributed by atoms with Gasteiger partial charge in [-0.3, -0.25) is 9.89 Å². The van der Waals surface area contributed by atoms with Crippen LogP contribution in [0.15, 0.2) is 79.1 Å². The molecule has 0 atom stereocenters. The van der Waals surface area contributed by atoms with E-state index in [4.69, 9.17) is 4.98 Å². The molecule has 3 aromatic heterocycles. The van der Waals surface area contributed by atoms with E-state index >= 15 is 0 Å². The van der Waals surface area contributed by atoms with Crippen molar-refractivity contribution in [1.82, 2.24) is 24.8 Å². The van der Waals surface area contributed by atoms with Crippen LogP contribution in [0.1, 0.15) is 16.1 Å². The summed E-state index contributed by atoms with van der Waals surface area (Å²) in [7, 11) is 5.91. The van der Waals surface area contributed by atoms with E-state index in [1.54, 1.807) is 23.0 Å². The van der Waals surface area contributed by atoms with Crippen LogP contribution in [0, 0.1) is 0 Å². The van der Waals surface area contributed by atoms with Gasteiger partial charge in [0.2, 0.25) is 0 Å². The van der Waals surface area contributed by atoms with E-state index in [2.05, 4.69) is 37.6 Å². The minimum absolute atomic E-state index is 0.278. The molecule has 3 heterocycles. The molecule has 1 amide bonds. The summed E-state index contributed by atoms with van der Waals surface area (Å²) < 4.78 is 1.68. The van der Waals surface area contributed by atoms with Gasteiger partial charge in [0.25, 0.3) is 5.91 Å². The van der Waals surface area contributed by atoms with Crippen LogP contribution in [0.25, 0.3) is 16.9 Å². The Hall–Kier alpha value is -4.66. The quantitative estimate of drug-likeness (QED) is 0.375. The Morgan fingerprint density at radius 3 is 2.60 bits per heavy atom. The molecular formula is C26H26N8O. The van der Waals surface area contributed by atoms with E-state index < -0.39 is 0 Å². The van der Waals surface area contributed by atoms with Crippen molar-refractivity contribution in [3.05, 3.63) is 90.4 Å². The molecule has 5 rings (SSSR count). The van der Waals surface area contributed by atoms with E-state index in [1.165, 1.54) is 5.56 Å². The van der Waals surface area contributed by atoms with Crippen molar-refractivity contribution >= 4 is 28.7 Å². The van der Waals surface area contributed by atoms with E-state index in [1.807, 2.05) is 74.6 Å². The van der Waals surface area contributed by atoms with Gasteiger partial charge in [-0.2, -0.15) is 10.2 Å². The molecule has 0 saturated carbocycles. The van der Waals surface area contributed by atoms with Gasteiger partial charge in [-0.25, -0.2) is 9.50 Å². The molecule has 0 saturated heterocycles. The molecule has 5 aromatic rings. The van der Waals surface area contributed by atoms with Crippen LogP contribution in [-0.2, 0) is 6.54 Å². The second-order valence-corrected chi connectivity index (χ2v) is 8.53. The normalized spacial score (nSPS) is 10.9. The standard InChI is InChI=1S/C26H26N8O/c1-32(2)21-11-7-10-20(12-21)29-26(35)22-13-25-30-24(33(3)17-18-8-5-4-6-9-18)14-23(34(25)31-22)19-15-27-28-16-19/h4-16H,17H2,1-3H3,(H,27,28)(H,29,35). The molecule has 0 unspecified atom stereocenters. The highest BCUT2D eigenvalue weighted by molar-refractivity contribution is 6.03. The van der Waals surface area contributed by atoms with Crippen molar-refractivity contribution in [3.8, 4) is 11.3 Å². The number of carbonyl (C=O) groups is 1. The van der Waals surface area contributed by atoms with E-state index in [9.17, 15) is 4.79 Å². The lowest BCUT2D eigenvalue weighted by Gasteiger charge is -2.19. The maximum Gasteiger partial charge on any atom is 0.276 e. The Morgan fingerprint density at radius 2 is 1.86 bits per heavy atom. The summed E-state index contributed by atoms with van der Waals surface area (Å²) >= 11 is 0. The summed E-state index contributed by atoms with van der Waals surface area (Å²) in [6, 6.07) is 21.5. The van der Waals surface area contributed by atoms with Crippen molar-refractivity contribution in [2.75, 3.05) is 36.3 Å². The highest BCUT2D eigenvalue weighted by atomic mass is 16.1. The third kappa shape index (κ3) is 4.70. The number of benzene rings is 2. The molecule has 9 heteroatoms. The van der Waals surface area contributed by atoms with Gasteiger partial charge >= 0.3 is 0 Å². The van der Waals surface area contributed by atoms with Gasteiger partial charge < -0.3 is 15.1 Å². The lowest BCUT2D eigenvalue weighted by Crippen LogP contribution is -2.18. The average Bonchev–Trinajstić information content (AvgIpc) is 3.54. The molecule has 9 nitrogen and oxygen atoms in total. The predicted octanol–water partition coefficient (Wildman–Crippen LogP) is 4.07. The number of aromatic amines is 1.